The Morgan fingerprint density at radius 2 is 1.94 bits per heavy atom. The smallest absolute Gasteiger partial charge is 0.185 e. The number of carbonyl (C=O) groups is 1. The van der Waals surface area contributed by atoms with Crippen molar-refractivity contribution in [3.8, 4) is 11.3 Å². The molecule has 0 radical (unpaired) electrons. The maximum absolute atomic E-state index is 14.8. The molecule has 1 aromatic carbocycles. The molecule has 1 aliphatic rings. The van der Waals surface area contributed by atoms with Gasteiger partial charge in [0.2, 0.25) is 0 Å². The van der Waals surface area contributed by atoms with Gasteiger partial charge in [-0.25, -0.2) is 13.8 Å². The number of rotatable bonds is 6. The number of hydrogen-bond donors (Lipinski definition) is 2. The highest BCUT2D eigenvalue weighted by Crippen LogP contribution is 2.37. The minimum atomic E-state index is -0.716. The monoisotopic (exact) mass is 465 g/mol. The Hall–Kier alpha value is -3.03. The predicted octanol–water partition coefficient (Wildman–Crippen LogP) is 4.61. The standard InChI is InChI=1S/C27H29F2N3O2/c1-3-16-7-8-20(28)25(26(16)29)23-6-4-5-22(32-23)24(33)13-18-14-31-10-9-19(18)17-11-15(2)27(34)21(30)12-17/h4-10,14-15,17,21,27,34H,3,11-13,30H2,1-2H3/t15-,17+,21+,27-/m0/s1. The van der Waals surface area contributed by atoms with E-state index >= 15 is 0 Å². The van der Waals surface area contributed by atoms with Crippen LogP contribution < -0.4 is 5.73 Å². The van der Waals surface area contributed by atoms with E-state index < -0.39 is 17.7 Å². The fraction of sp³-hybridized carbons (Fsp3) is 0.370. The number of nitrogens with zero attached hydrogens (tertiary/aromatic N) is 2. The molecule has 1 aliphatic carbocycles. The first-order chi connectivity index (χ1) is 16.3. The van der Waals surface area contributed by atoms with Crippen LogP contribution in [0.1, 0.15) is 59.8 Å². The van der Waals surface area contributed by atoms with Crippen molar-refractivity contribution in [1.29, 1.82) is 0 Å². The van der Waals surface area contributed by atoms with E-state index in [1.165, 1.54) is 18.2 Å². The zero-order valence-electron chi connectivity index (χ0n) is 19.3. The lowest BCUT2D eigenvalue weighted by Gasteiger charge is -2.36. The van der Waals surface area contributed by atoms with Crippen LogP contribution in [0.2, 0.25) is 0 Å². The Morgan fingerprint density at radius 3 is 2.68 bits per heavy atom. The van der Waals surface area contributed by atoms with Gasteiger partial charge in [0.05, 0.1) is 17.4 Å². The maximum Gasteiger partial charge on any atom is 0.185 e. The summed E-state index contributed by atoms with van der Waals surface area (Å²) in [5, 5.41) is 10.2. The molecule has 1 saturated carbocycles. The van der Waals surface area contributed by atoms with Gasteiger partial charge in [-0.1, -0.05) is 26.0 Å². The number of pyridine rings is 2. The van der Waals surface area contributed by atoms with Gasteiger partial charge in [-0.15, -0.1) is 0 Å². The molecule has 4 rings (SSSR count). The van der Waals surface area contributed by atoms with Crippen molar-refractivity contribution in [2.75, 3.05) is 0 Å². The Bertz CT molecular complexity index is 1190. The van der Waals surface area contributed by atoms with Gasteiger partial charge >= 0.3 is 0 Å². The maximum atomic E-state index is 14.8. The van der Waals surface area contributed by atoms with Crippen molar-refractivity contribution in [3.63, 3.8) is 0 Å². The molecule has 3 aromatic rings. The Balaban J connectivity index is 1.61. The Morgan fingerprint density at radius 1 is 1.15 bits per heavy atom. The minimum absolute atomic E-state index is 0.0486. The molecular weight excluding hydrogens is 436 g/mol. The van der Waals surface area contributed by atoms with Gasteiger partial charge in [-0.3, -0.25) is 9.78 Å². The average molecular weight is 466 g/mol. The molecule has 1 fully saturated rings. The molecular formula is C27H29F2N3O2. The molecule has 0 bridgehead atoms. The molecule has 34 heavy (non-hydrogen) atoms. The van der Waals surface area contributed by atoms with Gasteiger partial charge in [-0.2, -0.15) is 0 Å². The number of benzene rings is 1. The Labute approximate surface area is 198 Å². The lowest BCUT2D eigenvalue weighted by Crippen LogP contribution is -2.44. The summed E-state index contributed by atoms with van der Waals surface area (Å²) < 4.78 is 29.3. The van der Waals surface area contributed by atoms with Crippen molar-refractivity contribution in [2.24, 2.45) is 11.7 Å². The predicted molar refractivity (Wildman–Crippen MR) is 126 cm³/mol. The number of aryl methyl sites for hydroxylation is 1. The normalized spacial score (nSPS) is 22.5. The molecule has 2 heterocycles. The molecule has 0 spiro atoms. The zero-order chi connectivity index (χ0) is 24.4. The van der Waals surface area contributed by atoms with Gasteiger partial charge in [0.15, 0.2) is 5.78 Å². The van der Waals surface area contributed by atoms with Gasteiger partial charge < -0.3 is 10.8 Å². The highest BCUT2D eigenvalue weighted by atomic mass is 19.1. The van der Waals surface area contributed by atoms with E-state index in [9.17, 15) is 18.7 Å². The van der Waals surface area contributed by atoms with Crippen LogP contribution in [0.15, 0.2) is 48.8 Å². The van der Waals surface area contributed by atoms with E-state index in [0.29, 0.717) is 18.4 Å². The molecule has 2 aromatic heterocycles. The van der Waals surface area contributed by atoms with Gasteiger partial charge in [0.25, 0.3) is 0 Å². The van der Waals surface area contributed by atoms with Crippen LogP contribution in [0.5, 0.6) is 0 Å². The number of aromatic nitrogens is 2. The van der Waals surface area contributed by atoms with Crippen molar-refractivity contribution in [2.45, 2.75) is 57.6 Å². The third kappa shape index (κ3) is 4.76. The van der Waals surface area contributed by atoms with Crippen LogP contribution in [-0.4, -0.2) is 33.0 Å². The third-order valence-electron chi connectivity index (χ3n) is 6.81. The Kier molecular flexibility index (Phi) is 7.14. The number of Topliss-reactive ketones (excluding diaryl/α,β-unsaturated/α-hetero) is 1. The van der Waals surface area contributed by atoms with Crippen LogP contribution in [0, 0.1) is 17.6 Å². The molecule has 0 saturated heterocycles. The second-order valence-electron chi connectivity index (χ2n) is 9.13. The van der Waals surface area contributed by atoms with Crippen LogP contribution in [0.3, 0.4) is 0 Å². The summed E-state index contributed by atoms with van der Waals surface area (Å²) in [4.78, 5) is 21.7. The summed E-state index contributed by atoms with van der Waals surface area (Å²) in [7, 11) is 0. The van der Waals surface area contributed by atoms with E-state index in [4.69, 9.17) is 5.73 Å². The molecule has 3 N–H and O–H groups in total. The van der Waals surface area contributed by atoms with Gasteiger partial charge in [-0.05, 0) is 72.1 Å². The quantitative estimate of drug-likeness (QED) is 0.519. The topological polar surface area (TPSA) is 89.1 Å². The number of ketones is 1. The summed E-state index contributed by atoms with van der Waals surface area (Å²) in [6.07, 6.45) is 4.68. The third-order valence-corrected chi connectivity index (χ3v) is 6.81. The second kappa shape index (κ2) is 10.1. The molecule has 7 heteroatoms. The summed E-state index contributed by atoms with van der Waals surface area (Å²) in [5.41, 5.74) is 8.30. The summed E-state index contributed by atoms with van der Waals surface area (Å²) in [5.74, 6) is -1.48. The molecule has 5 nitrogen and oxygen atoms in total. The van der Waals surface area contributed by atoms with Crippen molar-refractivity contribution in [1.82, 2.24) is 9.97 Å². The van der Waals surface area contributed by atoms with Crippen LogP contribution >= 0.6 is 0 Å². The fourth-order valence-corrected chi connectivity index (χ4v) is 4.91. The second-order valence-corrected chi connectivity index (χ2v) is 9.13. The van der Waals surface area contributed by atoms with E-state index in [1.807, 2.05) is 13.0 Å². The van der Waals surface area contributed by atoms with E-state index in [0.717, 1.165) is 17.5 Å². The molecule has 0 aliphatic heterocycles. The van der Waals surface area contributed by atoms with Gasteiger partial charge in [0.1, 0.15) is 17.3 Å². The number of hydrogen-bond acceptors (Lipinski definition) is 5. The van der Waals surface area contributed by atoms with Crippen molar-refractivity contribution < 1.29 is 18.7 Å². The number of aliphatic hydroxyl groups excluding tert-OH is 1. The van der Waals surface area contributed by atoms with E-state index in [2.05, 4.69) is 9.97 Å². The molecule has 4 atom stereocenters. The number of aliphatic hydroxyl groups is 1. The number of carbonyl (C=O) groups excluding carboxylic acids is 1. The fourth-order valence-electron chi connectivity index (χ4n) is 4.91. The highest BCUT2D eigenvalue weighted by Gasteiger charge is 2.34. The first-order valence-corrected chi connectivity index (χ1v) is 11.6. The number of nitrogens with two attached hydrogens (primary N) is 1. The van der Waals surface area contributed by atoms with Crippen LogP contribution in [-0.2, 0) is 12.8 Å². The molecule has 178 valence electrons. The van der Waals surface area contributed by atoms with Crippen LogP contribution in [0.25, 0.3) is 11.3 Å². The summed E-state index contributed by atoms with van der Waals surface area (Å²) in [6.45, 7) is 3.77. The average Bonchev–Trinajstić information content (AvgIpc) is 2.83. The van der Waals surface area contributed by atoms with Crippen molar-refractivity contribution in [3.05, 3.63) is 82.8 Å². The first kappa shape index (κ1) is 24.1. The SMILES string of the molecule is CCc1ccc(F)c(-c2cccc(C(=O)Cc3cnccc3[C@H]3C[C@@H](N)[C@@H](O)[C@@H](C)C3)n2)c1F. The molecule has 0 amide bonds. The van der Waals surface area contributed by atoms with Gasteiger partial charge in [0, 0.05) is 24.9 Å². The largest absolute Gasteiger partial charge is 0.391 e. The summed E-state index contributed by atoms with van der Waals surface area (Å²) >= 11 is 0. The van der Waals surface area contributed by atoms with E-state index in [1.54, 1.807) is 31.5 Å². The first-order valence-electron chi connectivity index (χ1n) is 11.6. The number of halogens is 2. The van der Waals surface area contributed by atoms with Crippen molar-refractivity contribution >= 4 is 5.78 Å². The summed E-state index contributed by atoms with van der Waals surface area (Å²) in [6, 6.07) is 8.86. The minimum Gasteiger partial charge on any atom is -0.391 e. The van der Waals surface area contributed by atoms with E-state index in [-0.39, 0.29) is 47.0 Å². The zero-order valence-corrected chi connectivity index (χ0v) is 19.3. The lowest BCUT2D eigenvalue weighted by molar-refractivity contribution is 0.0519. The van der Waals surface area contributed by atoms with Crippen LogP contribution in [0.4, 0.5) is 8.78 Å². The molecule has 0 unspecified atom stereocenters. The highest BCUT2D eigenvalue weighted by molar-refractivity contribution is 5.96. The lowest BCUT2D eigenvalue weighted by atomic mass is 9.74.